The van der Waals surface area contributed by atoms with Gasteiger partial charge in [0.25, 0.3) is 0 Å². The van der Waals surface area contributed by atoms with Crippen molar-refractivity contribution in [1.29, 1.82) is 0 Å². The summed E-state index contributed by atoms with van der Waals surface area (Å²) in [5, 5.41) is 3.31. The summed E-state index contributed by atoms with van der Waals surface area (Å²) in [6, 6.07) is 0. The summed E-state index contributed by atoms with van der Waals surface area (Å²) in [5.41, 5.74) is 2.34. The van der Waals surface area contributed by atoms with E-state index < -0.39 is 0 Å². The Morgan fingerprint density at radius 2 is 2.14 bits per heavy atom. The Kier molecular flexibility index (Phi) is 4.55. The molecule has 1 rings (SSSR count). The van der Waals surface area contributed by atoms with Crippen LogP contribution in [0.1, 0.15) is 31.6 Å². The van der Waals surface area contributed by atoms with Gasteiger partial charge in [-0.1, -0.05) is 13.8 Å². The zero-order valence-corrected chi connectivity index (χ0v) is 10.2. The molecule has 0 spiro atoms. The lowest BCUT2D eigenvalue weighted by atomic mass is 9.79. The van der Waals surface area contributed by atoms with Crippen molar-refractivity contribution in [3.8, 4) is 0 Å². The number of aromatic nitrogens is 1. The SMILES string of the molecule is CCC(CC)(CNC)Cc1cncs1. The van der Waals surface area contributed by atoms with Gasteiger partial charge in [-0.05, 0) is 31.7 Å². The molecular formula is C11H20N2S. The van der Waals surface area contributed by atoms with Crippen LogP contribution in [0.4, 0.5) is 0 Å². The monoisotopic (exact) mass is 212 g/mol. The van der Waals surface area contributed by atoms with Crippen molar-refractivity contribution in [3.63, 3.8) is 0 Å². The van der Waals surface area contributed by atoms with Gasteiger partial charge in [0, 0.05) is 17.6 Å². The Balaban J connectivity index is 2.67. The van der Waals surface area contributed by atoms with Crippen LogP contribution >= 0.6 is 11.3 Å². The van der Waals surface area contributed by atoms with Crippen molar-refractivity contribution < 1.29 is 0 Å². The highest BCUT2D eigenvalue weighted by atomic mass is 32.1. The Hall–Kier alpha value is -0.410. The van der Waals surface area contributed by atoms with E-state index in [1.807, 2.05) is 18.8 Å². The number of nitrogens with zero attached hydrogens (tertiary/aromatic N) is 1. The predicted octanol–water partition coefficient (Wildman–Crippen LogP) is 2.71. The first-order valence-corrected chi connectivity index (χ1v) is 6.16. The summed E-state index contributed by atoms with van der Waals surface area (Å²) in [4.78, 5) is 5.54. The van der Waals surface area contributed by atoms with E-state index in [4.69, 9.17) is 0 Å². The first-order chi connectivity index (χ1) is 6.76. The quantitative estimate of drug-likeness (QED) is 0.784. The lowest BCUT2D eigenvalue weighted by Gasteiger charge is -2.31. The molecule has 2 nitrogen and oxygen atoms in total. The van der Waals surface area contributed by atoms with Crippen molar-refractivity contribution in [2.24, 2.45) is 5.41 Å². The van der Waals surface area contributed by atoms with E-state index in [0.29, 0.717) is 5.41 Å². The molecule has 1 heterocycles. The molecule has 1 aromatic heterocycles. The number of hydrogen-bond acceptors (Lipinski definition) is 3. The van der Waals surface area contributed by atoms with Crippen molar-refractivity contribution in [2.45, 2.75) is 33.1 Å². The van der Waals surface area contributed by atoms with Crippen molar-refractivity contribution >= 4 is 11.3 Å². The molecule has 80 valence electrons. The Morgan fingerprint density at radius 3 is 2.57 bits per heavy atom. The third-order valence-electron chi connectivity index (χ3n) is 3.08. The molecule has 0 amide bonds. The first kappa shape index (κ1) is 11.7. The van der Waals surface area contributed by atoms with E-state index in [1.165, 1.54) is 17.7 Å². The summed E-state index contributed by atoms with van der Waals surface area (Å²) in [7, 11) is 2.03. The molecule has 3 heteroatoms. The summed E-state index contributed by atoms with van der Waals surface area (Å²) in [6.45, 7) is 5.65. The highest BCUT2D eigenvalue weighted by molar-refractivity contribution is 7.09. The van der Waals surface area contributed by atoms with Gasteiger partial charge in [0.05, 0.1) is 5.51 Å². The number of hydrogen-bond donors (Lipinski definition) is 1. The zero-order chi connectivity index (χ0) is 10.4. The molecule has 0 radical (unpaired) electrons. The van der Waals surface area contributed by atoms with Gasteiger partial charge in [-0.3, -0.25) is 4.98 Å². The van der Waals surface area contributed by atoms with Crippen LogP contribution in [-0.4, -0.2) is 18.6 Å². The Morgan fingerprint density at radius 1 is 1.43 bits per heavy atom. The first-order valence-electron chi connectivity index (χ1n) is 5.28. The molecule has 1 aromatic rings. The number of thiazole rings is 1. The van der Waals surface area contributed by atoms with Crippen molar-refractivity contribution in [3.05, 3.63) is 16.6 Å². The molecule has 0 saturated heterocycles. The second-order valence-electron chi connectivity index (χ2n) is 3.88. The van der Waals surface area contributed by atoms with Gasteiger partial charge in [-0.15, -0.1) is 11.3 Å². The Labute approximate surface area is 90.8 Å². The summed E-state index contributed by atoms with van der Waals surface area (Å²) < 4.78 is 0. The average Bonchev–Trinajstić information content (AvgIpc) is 2.69. The fourth-order valence-electron chi connectivity index (χ4n) is 1.89. The van der Waals surface area contributed by atoms with Crippen LogP contribution in [0.5, 0.6) is 0 Å². The van der Waals surface area contributed by atoms with Crippen molar-refractivity contribution in [2.75, 3.05) is 13.6 Å². The molecule has 0 unspecified atom stereocenters. The lowest BCUT2D eigenvalue weighted by Crippen LogP contribution is -2.33. The van der Waals surface area contributed by atoms with E-state index in [2.05, 4.69) is 24.1 Å². The van der Waals surface area contributed by atoms with E-state index in [-0.39, 0.29) is 0 Å². The van der Waals surface area contributed by atoms with E-state index in [1.54, 1.807) is 11.3 Å². The van der Waals surface area contributed by atoms with E-state index >= 15 is 0 Å². The molecule has 0 aromatic carbocycles. The lowest BCUT2D eigenvalue weighted by molar-refractivity contribution is 0.255. The van der Waals surface area contributed by atoms with Gasteiger partial charge in [0.1, 0.15) is 0 Å². The molecule has 0 atom stereocenters. The zero-order valence-electron chi connectivity index (χ0n) is 9.34. The number of nitrogens with one attached hydrogen (secondary N) is 1. The molecule has 0 fully saturated rings. The van der Waals surface area contributed by atoms with Gasteiger partial charge in [0.2, 0.25) is 0 Å². The standard InChI is InChI=1S/C11H20N2S/c1-4-11(5-2,8-12-3)6-10-7-13-9-14-10/h7,9,12H,4-6,8H2,1-3H3. The van der Waals surface area contributed by atoms with Gasteiger partial charge in [-0.25, -0.2) is 0 Å². The molecule has 0 aliphatic rings. The summed E-state index contributed by atoms with van der Waals surface area (Å²) in [5.74, 6) is 0. The fraction of sp³-hybridized carbons (Fsp3) is 0.727. The van der Waals surface area contributed by atoms with Gasteiger partial charge in [0.15, 0.2) is 0 Å². The minimum Gasteiger partial charge on any atom is -0.319 e. The smallest absolute Gasteiger partial charge is 0.0794 e. The molecule has 0 aliphatic carbocycles. The van der Waals surface area contributed by atoms with Crippen LogP contribution in [0.3, 0.4) is 0 Å². The maximum Gasteiger partial charge on any atom is 0.0794 e. The highest BCUT2D eigenvalue weighted by Crippen LogP contribution is 2.31. The normalized spacial score (nSPS) is 11.9. The van der Waals surface area contributed by atoms with Crippen molar-refractivity contribution in [1.82, 2.24) is 10.3 Å². The molecule has 0 saturated carbocycles. The summed E-state index contributed by atoms with van der Waals surface area (Å²) in [6.07, 6.45) is 5.61. The average molecular weight is 212 g/mol. The predicted molar refractivity (Wildman–Crippen MR) is 62.8 cm³/mol. The molecule has 0 bridgehead atoms. The van der Waals surface area contributed by atoms with Gasteiger partial charge < -0.3 is 5.32 Å². The third kappa shape index (κ3) is 2.79. The minimum absolute atomic E-state index is 0.418. The second kappa shape index (κ2) is 5.47. The van der Waals surface area contributed by atoms with Gasteiger partial charge in [-0.2, -0.15) is 0 Å². The molecule has 14 heavy (non-hydrogen) atoms. The minimum atomic E-state index is 0.418. The highest BCUT2D eigenvalue weighted by Gasteiger charge is 2.26. The van der Waals surface area contributed by atoms with Gasteiger partial charge >= 0.3 is 0 Å². The van der Waals surface area contributed by atoms with Crippen LogP contribution in [0.15, 0.2) is 11.7 Å². The molecular weight excluding hydrogens is 192 g/mol. The third-order valence-corrected chi connectivity index (χ3v) is 3.86. The van der Waals surface area contributed by atoms with Crippen LogP contribution in [-0.2, 0) is 6.42 Å². The molecule has 0 aliphatic heterocycles. The van der Waals surface area contributed by atoms with E-state index in [0.717, 1.165) is 13.0 Å². The second-order valence-corrected chi connectivity index (χ2v) is 4.85. The Bertz CT molecular complexity index is 240. The van der Waals surface area contributed by atoms with Crippen LogP contribution in [0.25, 0.3) is 0 Å². The summed E-state index contributed by atoms with van der Waals surface area (Å²) >= 11 is 1.77. The number of rotatable bonds is 6. The largest absolute Gasteiger partial charge is 0.319 e. The molecule has 1 N–H and O–H groups in total. The topological polar surface area (TPSA) is 24.9 Å². The van der Waals surface area contributed by atoms with Crippen LogP contribution < -0.4 is 5.32 Å². The van der Waals surface area contributed by atoms with Crippen LogP contribution in [0, 0.1) is 5.41 Å². The maximum absolute atomic E-state index is 4.13. The maximum atomic E-state index is 4.13. The fourth-order valence-corrected chi connectivity index (χ4v) is 2.65. The van der Waals surface area contributed by atoms with E-state index in [9.17, 15) is 0 Å². The van der Waals surface area contributed by atoms with Crippen LogP contribution in [0.2, 0.25) is 0 Å².